The van der Waals surface area contributed by atoms with Crippen LogP contribution in [0.5, 0.6) is 0 Å². The lowest BCUT2D eigenvalue weighted by Gasteiger charge is -2.18. The molecule has 2 rings (SSSR count). The third kappa shape index (κ3) is 5.75. The molecule has 0 aliphatic rings. The van der Waals surface area contributed by atoms with E-state index in [0.29, 0.717) is 6.54 Å². The molecule has 0 heterocycles. The van der Waals surface area contributed by atoms with Crippen LogP contribution in [0.3, 0.4) is 0 Å². The Bertz CT molecular complexity index is 760. The molecule has 0 spiro atoms. The minimum Gasteiger partial charge on any atom is -0.324 e. The van der Waals surface area contributed by atoms with Crippen LogP contribution in [0, 0.1) is 0 Å². The number of nitrogens with one attached hydrogen (secondary N) is 1. The number of carbonyl (C=O) groups excluding carboxylic acids is 1. The Labute approximate surface area is 155 Å². The Morgan fingerprint density at radius 1 is 1.12 bits per heavy atom. The number of alkyl halides is 3. The summed E-state index contributed by atoms with van der Waals surface area (Å²) in [6, 6.07) is 11.3. The molecule has 1 amide bonds. The molecule has 140 valence electrons. The van der Waals surface area contributed by atoms with Gasteiger partial charge in [-0.05, 0) is 42.8 Å². The minimum absolute atomic E-state index is 0.0323. The van der Waals surface area contributed by atoms with Crippen molar-refractivity contribution in [1.29, 1.82) is 0 Å². The van der Waals surface area contributed by atoms with E-state index < -0.39 is 17.6 Å². The van der Waals surface area contributed by atoms with E-state index in [1.54, 1.807) is 11.9 Å². The molecule has 0 fully saturated rings. The van der Waals surface area contributed by atoms with E-state index in [0.717, 1.165) is 24.1 Å². The number of likely N-dealkylation sites (N-methyl/N-ethyl adjacent to an activating group) is 1. The molecule has 26 heavy (non-hydrogen) atoms. The van der Waals surface area contributed by atoms with E-state index in [-0.39, 0.29) is 17.3 Å². The average molecular weight is 385 g/mol. The molecule has 2 aromatic carbocycles. The molecular weight excluding hydrogens is 365 g/mol. The number of hydrogen-bond donors (Lipinski definition) is 1. The first kappa shape index (κ1) is 20.3. The molecule has 0 radical (unpaired) electrons. The van der Waals surface area contributed by atoms with Crippen LogP contribution >= 0.6 is 11.6 Å². The van der Waals surface area contributed by atoms with Crippen molar-refractivity contribution in [2.24, 2.45) is 0 Å². The highest BCUT2D eigenvalue weighted by Crippen LogP contribution is 2.36. The maximum Gasteiger partial charge on any atom is 0.418 e. The number of benzene rings is 2. The van der Waals surface area contributed by atoms with Gasteiger partial charge in [-0.3, -0.25) is 9.69 Å². The second-order valence-electron chi connectivity index (χ2n) is 6.08. The highest BCUT2D eigenvalue weighted by atomic mass is 35.5. The molecule has 1 N–H and O–H groups in total. The zero-order chi connectivity index (χ0) is 19.3. The zero-order valence-electron chi connectivity index (χ0n) is 14.5. The van der Waals surface area contributed by atoms with E-state index in [1.165, 1.54) is 11.6 Å². The lowest BCUT2D eigenvalue weighted by atomic mass is 10.1. The Kier molecular flexibility index (Phi) is 6.67. The summed E-state index contributed by atoms with van der Waals surface area (Å²) in [6.07, 6.45) is -3.65. The number of aryl methyl sites for hydroxylation is 1. The predicted octanol–water partition coefficient (Wildman–Crippen LogP) is 4.99. The van der Waals surface area contributed by atoms with Crippen LogP contribution in [0.1, 0.15) is 23.6 Å². The van der Waals surface area contributed by atoms with Gasteiger partial charge in [-0.15, -0.1) is 0 Å². The molecule has 0 bridgehead atoms. The summed E-state index contributed by atoms with van der Waals surface area (Å²) in [4.78, 5) is 13.9. The molecule has 0 unspecified atom stereocenters. The van der Waals surface area contributed by atoms with Crippen molar-refractivity contribution >= 4 is 23.2 Å². The van der Waals surface area contributed by atoms with Crippen molar-refractivity contribution in [1.82, 2.24) is 4.90 Å². The van der Waals surface area contributed by atoms with Crippen molar-refractivity contribution in [2.75, 3.05) is 18.9 Å². The standard InChI is InChI=1S/C19H20ClF3N2O/c1-3-13-4-6-14(7-5-13)11-25(2)12-18(26)24-17-9-8-15(20)10-16(17)19(21,22)23/h4-10H,3,11-12H2,1-2H3,(H,24,26). The molecule has 7 heteroatoms. The van der Waals surface area contributed by atoms with Crippen LogP contribution < -0.4 is 5.32 Å². The summed E-state index contributed by atoms with van der Waals surface area (Å²) in [5.41, 5.74) is 0.986. The zero-order valence-corrected chi connectivity index (χ0v) is 15.3. The van der Waals surface area contributed by atoms with Crippen LogP contribution in [0.4, 0.5) is 18.9 Å². The van der Waals surface area contributed by atoms with Crippen molar-refractivity contribution in [3.63, 3.8) is 0 Å². The van der Waals surface area contributed by atoms with E-state index in [2.05, 4.69) is 12.2 Å². The van der Waals surface area contributed by atoms with Gasteiger partial charge in [-0.1, -0.05) is 42.8 Å². The molecule has 2 aromatic rings. The fourth-order valence-corrected chi connectivity index (χ4v) is 2.71. The van der Waals surface area contributed by atoms with Crippen molar-refractivity contribution in [3.05, 3.63) is 64.2 Å². The lowest BCUT2D eigenvalue weighted by Crippen LogP contribution is -2.30. The second-order valence-corrected chi connectivity index (χ2v) is 6.51. The van der Waals surface area contributed by atoms with Crippen LogP contribution in [0.25, 0.3) is 0 Å². The Balaban J connectivity index is 1.99. The molecule has 0 aliphatic carbocycles. The van der Waals surface area contributed by atoms with Crippen LogP contribution in [-0.2, 0) is 23.9 Å². The largest absolute Gasteiger partial charge is 0.418 e. The molecule has 3 nitrogen and oxygen atoms in total. The first-order valence-corrected chi connectivity index (χ1v) is 8.49. The number of carbonyl (C=O) groups is 1. The van der Waals surface area contributed by atoms with Crippen molar-refractivity contribution < 1.29 is 18.0 Å². The molecule has 0 aliphatic heterocycles. The summed E-state index contributed by atoms with van der Waals surface area (Å²) in [5, 5.41) is 2.28. The van der Waals surface area contributed by atoms with E-state index in [1.807, 2.05) is 24.3 Å². The van der Waals surface area contributed by atoms with Crippen molar-refractivity contribution in [3.8, 4) is 0 Å². The third-order valence-electron chi connectivity index (χ3n) is 3.86. The predicted molar refractivity (Wildman–Crippen MR) is 97.2 cm³/mol. The van der Waals surface area contributed by atoms with Crippen LogP contribution in [0.2, 0.25) is 5.02 Å². The average Bonchev–Trinajstić information content (AvgIpc) is 2.56. The smallest absolute Gasteiger partial charge is 0.324 e. The van der Waals surface area contributed by atoms with Crippen LogP contribution in [-0.4, -0.2) is 24.4 Å². The number of rotatable bonds is 6. The highest BCUT2D eigenvalue weighted by molar-refractivity contribution is 6.30. The van der Waals surface area contributed by atoms with E-state index in [4.69, 9.17) is 11.6 Å². The molecular formula is C19H20ClF3N2O. The second kappa shape index (κ2) is 8.56. The summed E-state index contributed by atoms with van der Waals surface area (Å²) >= 11 is 5.63. The molecule has 0 atom stereocenters. The number of nitrogens with zero attached hydrogens (tertiary/aromatic N) is 1. The summed E-state index contributed by atoms with van der Waals surface area (Å²) in [6.45, 7) is 2.55. The maximum atomic E-state index is 13.1. The number of hydrogen-bond acceptors (Lipinski definition) is 2. The summed E-state index contributed by atoms with van der Waals surface area (Å²) < 4.78 is 39.2. The Hall–Kier alpha value is -2.05. The Morgan fingerprint density at radius 2 is 1.73 bits per heavy atom. The van der Waals surface area contributed by atoms with Gasteiger partial charge in [0.25, 0.3) is 0 Å². The quantitative estimate of drug-likeness (QED) is 0.760. The third-order valence-corrected chi connectivity index (χ3v) is 4.09. The van der Waals surface area contributed by atoms with Gasteiger partial charge >= 0.3 is 6.18 Å². The fourth-order valence-electron chi connectivity index (χ4n) is 2.54. The van der Waals surface area contributed by atoms with Crippen molar-refractivity contribution in [2.45, 2.75) is 26.1 Å². The van der Waals surface area contributed by atoms with Gasteiger partial charge in [-0.2, -0.15) is 13.2 Å². The number of amides is 1. The first-order valence-electron chi connectivity index (χ1n) is 8.12. The van der Waals surface area contributed by atoms with Gasteiger partial charge in [0.15, 0.2) is 0 Å². The molecule has 0 saturated heterocycles. The van der Waals surface area contributed by atoms with Gasteiger partial charge in [0.05, 0.1) is 17.8 Å². The number of halogens is 4. The van der Waals surface area contributed by atoms with E-state index >= 15 is 0 Å². The normalized spacial score (nSPS) is 11.7. The minimum atomic E-state index is -4.60. The maximum absolute atomic E-state index is 13.1. The van der Waals surface area contributed by atoms with Crippen LogP contribution in [0.15, 0.2) is 42.5 Å². The lowest BCUT2D eigenvalue weighted by molar-refractivity contribution is -0.137. The molecule has 0 saturated carbocycles. The molecule has 0 aromatic heterocycles. The Morgan fingerprint density at radius 3 is 2.31 bits per heavy atom. The first-order chi connectivity index (χ1) is 12.2. The van der Waals surface area contributed by atoms with Gasteiger partial charge in [0.1, 0.15) is 0 Å². The monoisotopic (exact) mass is 384 g/mol. The van der Waals surface area contributed by atoms with Gasteiger partial charge in [0, 0.05) is 11.6 Å². The summed E-state index contributed by atoms with van der Waals surface area (Å²) in [7, 11) is 1.74. The van der Waals surface area contributed by atoms with Gasteiger partial charge in [-0.25, -0.2) is 0 Å². The van der Waals surface area contributed by atoms with E-state index in [9.17, 15) is 18.0 Å². The van der Waals surface area contributed by atoms with Gasteiger partial charge in [0.2, 0.25) is 5.91 Å². The topological polar surface area (TPSA) is 32.3 Å². The number of anilines is 1. The fraction of sp³-hybridized carbons (Fsp3) is 0.316. The summed E-state index contributed by atoms with van der Waals surface area (Å²) in [5.74, 6) is -0.523. The highest BCUT2D eigenvalue weighted by Gasteiger charge is 2.34. The van der Waals surface area contributed by atoms with Gasteiger partial charge < -0.3 is 5.32 Å². The SMILES string of the molecule is CCc1ccc(CN(C)CC(=O)Nc2ccc(Cl)cc2C(F)(F)F)cc1.